The number of carbonyl (C=O) groups is 1. The molecule has 0 saturated heterocycles. The summed E-state index contributed by atoms with van der Waals surface area (Å²) in [6.45, 7) is 4.86. The summed E-state index contributed by atoms with van der Waals surface area (Å²) in [7, 11) is 1.87. The van der Waals surface area contributed by atoms with Crippen molar-refractivity contribution in [1.29, 1.82) is 5.26 Å². The van der Waals surface area contributed by atoms with Gasteiger partial charge < -0.3 is 15.4 Å². The van der Waals surface area contributed by atoms with Crippen molar-refractivity contribution in [3.8, 4) is 6.07 Å². The normalized spacial score (nSPS) is 9.89. The number of nitriles is 1. The number of rotatable bonds is 5. The minimum absolute atomic E-state index is 0.221. The molecule has 18 heavy (non-hydrogen) atoms. The lowest BCUT2D eigenvalue weighted by atomic mass is 10.2. The summed E-state index contributed by atoms with van der Waals surface area (Å²) < 4.78 is 4.99. The molecule has 0 fully saturated rings. The fourth-order valence-electron chi connectivity index (χ4n) is 1.62. The van der Waals surface area contributed by atoms with Crippen molar-refractivity contribution >= 4 is 28.0 Å². The third-order valence-corrected chi connectivity index (χ3v) is 3.64. The predicted molar refractivity (Wildman–Crippen MR) is 73.0 cm³/mol. The lowest BCUT2D eigenvalue weighted by molar-refractivity contribution is 0.0529. The van der Waals surface area contributed by atoms with Gasteiger partial charge in [0.15, 0.2) is 0 Å². The van der Waals surface area contributed by atoms with E-state index in [1.807, 2.05) is 24.9 Å². The minimum atomic E-state index is -0.467. The van der Waals surface area contributed by atoms with E-state index in [0.717, 1.165) is 13.0 Å². The van der Waals surface area contributed by atoms with Crippen molar-refractivity contribution in [3.63, 3.8) is 0 Å². The standard InChI is InChI=1S/C12H17N3O2S/c1-4-6-15(3)11-9(12(16)17-5-2)10(14)8(7-13)18-11/h4-6,14H2,1-3H3. The Labute approximate surface area is 111 Å². The van der Waals surface area contributed by atoms with Crippen molar-refractivity contribution in [2.75, 3.05) is 30.8 Å². The number of carbonyl (C=O) groups excluding carboxylic acids is 1. The number of nitrogen functional groups attached to an aromatic ring is 1. The molecular formula is C12H17N3O2S. The number of ether oxygens (including phenoxy) is 1. The first kappa shape index (κ1) is 14.3. The summed E-state index contributed by atoms with van der Waals surface area (Å²) in [6, 6.07) is 2.01. The Morgan fingerprint density at radius 1 is 1.56 bits per heavy atom. The highest BCUT2D eigenvalue weighted by Crippen LogP contribution is 2.37. The summed E-state index contributed by atoms with van der Waals surface area (Å²) in [5, 5.41) is 9.69. The van der Waals surface area contributed by atoms with E-state index in [1.54, 1.807) is 6.92 Å². The molecule has 0 aliphatic rings. The predicted octanol–water partition coefficient (Wildman–Crippen LogP) is 2.22. The maximum absolute atomic E-state index is 11.9. The van der Waals surface area contributed by atoms with Gasteiger partial charge in [-0.2, -0.15) is 5.26 Å². The molecule has 0 aliphatic carbocycles. The van der Waals surface area contributed by atoms with Gasteiger partial charge in [-0.15, -0.1) is 11.3 Å². The first-order valence-corrected chi connectivity index (χ1v) is 6.59. The van der Waals surface area contributed by atoms with E-state index in [9.17, 15) is 4.79 Å². The van der Waals surface area contributed by atoms with Crippen molar-refractivity contribution in [3.05, 3.63) is 10.4 Å². The number of nitrogens with two attached hydrogens (primary N) is 1. The molecule has 0 saturated carbocycles. The minimum Gasteiger partial charge on any atom is -0.462 e. The van der Waals surface area contributed by atoms with Crippen molar-refractivity contribution in [2.45, 2.75) is 20.3 Å². The molecule has 0 aliphatic heterocycles. The molecule has 0 amide bonds. The van der Waals surface area contributed by atoms with Crippen LogP contribution < -0.4 is 10.6 Å². The average Bonchev–Trinajstić information content (AvgIpc) is 2.67. The number of hydrogen-bond donors (Lipinski definition) is 1. The van der Waals surface area contributed by atoms with Crippen LogP contribution in [0.25, 0.3) is 0 Å². The Kier molecular flexibility index (Phi) is 4.98. The van der Waals surface area contributed by atoms with Gasteiger partial charge in [-0.05, 0) is 13.3 Å². The molecule has 0 atom stereocenters. The van der Waals surface area contributed by atoms with E-state index < -0.39 is 5.97 Å². The van der Waals surface area contributed by atoms with E-state index in [4.69, 9.17) is 15.7 Å². The Bertz CT molecular complexity index is 476. The number of nitrogens with zero attached hydrogens (tertiary/aromatic N) is 2. The van der Waals surface area contributed by atoms with E-state index in [2.05, 4.69) is 0 Å². The molecule has 1 heterocycles. The van der Waals surface area contributed by atoms with Crippen molar-refractivity contribution < 1.29 is 9.53 Å². The number of thiophene rings is 1. The second-order valence-corrected chi connectivity index (χ2v) is 4.78. The quantitative estimate of drug-likeness (QED) is 0.827. The van der Waals surface area contributed by atoms with Crippen LogP contribution >= 0.6 is 11.3 Å². The number of anilines is 2. The monoisotopic (exact) mass is 267 g/mol. The topological polar surface area (TPSA) is 79.4 Å². The summed E-state index contributed by atoms with van der Waals surface area (Å²) >= 11 is 1.23. The van der Waals surface area contributed by atoms with Gasteiger partial charge in [-0.25, -0.2) is 4.79 Å². The van der Waals surface area contributed by atoms with Crippen LogP contribution in [0.5, 0.6) is 0 Å². The van der Waals surface area contributed by atoms with Gasteiger partial charge in [0.05, 0.1) is 12.3 Å². The molecule has 1 aromatic rings. The molecular weight excluding hydrogens is 250 g/mol. The van der Waals surface area contributed by atoms with E-state index in [-0.39, 0.29) is 12.3 Å². The average molecular weight is 267 g/mol. The van der Waals surface area contributed by atoms with Gasteiger partial charge in [0.25, 0.3) is 0 Å². The zero-order valence-corrected chi connectivity index (χ0v) is 11.6. The summed E-state index contributed by atoms with van der Waals surface area (Å²) in [6.07, 6.45) is 0.943. The zero-order chi connectivity index (χ0) is 13.7. The SMILES string of the molecule is CCCN(C)c1sc(C#N)c(N)c1C(=O)OCC. The highest BCUT2D eigenvalue weighted by Gasteiger charge is 2.25. The summed E-state index contributed by atoms with van der Waals surface area (Å²) in [5.74, 6) is -0.467. The van der Waals surface area contributed by atoms with Crippen LogP contribution in [0.2, 0.25) is 0 Å². The maximum atomic E-state index is 11.9. The second-order valence-electron chi connectivity index (χ2n) is 3.78. The van der Waals surface area contributed by atoms with E-state index >= 15 is 0 Å². The van der Waals surface area contributed by atoms with Crippen LogP contribution in [0.15, 0.2) is 0 Å². The Morgan fingerprint density at radius 2 is 2.22 bits per heavy atom. The van der Waals surface area contributed by atoms with Gasteiger partial charge in [-0.1, -0.05) is 6.92 Å². The van der Waals surface area contributed by atoms with Gasteiger partial charge in [-0.3, -0.25) is 0 Å². The molecule has 0 unspecified atom stereocenters. The first-order chi connectivity index (χ1) is 8.56. The summed E-state index contributed by atoms with van der Waals surface area (Å²) in [4.78, 5) is 14.2. The first-order valence-electron chi connectivity index (χ1n) is 5.77. The van der Waals surface area contributed by atoms with E-state index in [0.29, 0.717) is 15.4 Å². The Morgan fingerprint density at radius 3 is 2.72 bits per heavy atom. The fraction of sp³-hybridized carbons (Fsp3) is 0.500. The van der Waals surface area contributed by atoms with Gasteiger partial charge in [0.1, 0.15) is 21.5 Å². The van der Waals surface area contributed by atoms with Crippen molar-refractivity contribution in [2.24, 2.45) is 0 Å². The molecule has 1 aromatic heterocycles. The fourth-order valence-corrected chi connectivity index (χ4v) is 2.61. The van der Waals surface area contributed by atoms with Crippen LogP contribution in [0.4, 0.5) is 10.7 Å². The third-order valence-electron chi connectivity index (χ3n) is 2.41. The van der Waals surface area contributed by atoms with Crippen LogP contribution in [0.1, 0.15) is 35.5 Å². The van der Waals surface area contributed by atoms with Gasteiger partial charge in [0.2, 0.25) is 0 Å². The van der Waals surface area contributed by atoms with Crippen LogP contribution in [-0.2, 0) is 4.74 Å². The highest BCUT2D eigenvalue weighted by molar-refractivity contribution is 7.17. The van der Waals surface area contributed by atoms with E-state index in [1.165, 1.54) is 11.3 Å². The molecule has 0 bridgehead atoms. The second kappa shape index (κ2) is 6.26. The lowest BCUT2D eigenvalue weighted by Crippen LogP contribution is -2.20. The van der Waals surface area contributed by atoms with Crippen molar-refractivity contribution in [1.82, 2.24) is 0 Å². The Hall–Kier alpha value is -1.74. The highest BCUT2D eigenvalue weighted by atomic mass is 32.1. The molecule has 98 valence electrons. The molecule has 0 radical (unpaired) electrons. The molecule has 5 nitrogen and oxygen atoms in total. The number of hydrogen-bond acceptors (Lipinski definition) is 6. The molecule has 0 spiro atoms. The molecule has 6 heteroatoms. The zero-order valence-electron chi connectivity index (χ0n) is 10.8. The van der Waals surface area contributed by atoms with Gasteiger partial charge >= 0.3 is 5.97 Å². The van der Waals surface area contributed by atoms with Crippen LogP contribution in [0, 0.1) is 11.3 Å². The number of esters is 1. The lowest BCUT2D eigenvalue weighted by Gasteiger charge is -2.17. The molecule has 1 rings (SSSR count). The molecule has 2 N–H and O–H groups in total. The van der Waals surface area contributed by atoms with Crippen LogP contribution in [-0.4, -0.2) is 26.2 Å². The van der Waals surface area contributed by atoms with Crippen LogP contribution in [0.3, 0.4) is 0 Å². The largest absolute Gasteiger partial charge is 0.462 e. The third kappa shape index (κ3) is 2.74. The smallest absolute Gasteiger partial charge is 0.343 e. The Balaban J connectivity index is 3.24. The maximum Gasteiger partial charge on any atom is 0.343 e. The molecule has 0 aromatic carbocycles. The van der Waals surface area contributed by atoms with Gasteiger partial charge in [0, 0.05) is 13.6 Å². The summed E-state index contributed by atoms with van der Waals surface area (Å²) in [5.41, 5.74) is 6.38.